The van der Waals surface area contributed by atoms with Crippen LogP contribution in [0.15, 0.2) is 18.2 Å². The van der Waals surface area contributed by atoms with Gasteiger partial charge in [0.25, 0.3) is 0 Å². The van der Waals surface area contributed by atoms with Crippen LogP contribution in [0.4, 0.5) is 4.79 Å². The molecule has 0 aromatic heterocycles. The van der Waals surface area contributed by atoms with Crippen LogP contribution < -0.4 is 20.1 Å². The topological polar surface area (TPSA) is 120 Å². The van der Waals surface area contributed by atoms with Crippen LogP contribution in [0.2, 0.25) is 0 Å². The first-order valence-electron chi connectivity index (χ1n) is 10.2. The maximum Gasteiger partial charge on any atom is 0.319 e. The lowest BCUT2D eigenvalue weighted by Gasteiger charge is -2.24. The van der Waals surface area contributed by atoms with Crippen molar-refractivity contribution in [1.82, 2.24) is 15.5 Å². The first-order chi connectivity index (χ1) is 14.3. The van der Waals surface area contributed by atoms with Gasteiger partial charge < -0.3 is 30.3 Å². The molecule has 4 N–H and O–H groups in total. The molecule has 0 radical (unpaired) electrons. The Balaban J connectivity index is 1.93. The van der Waals surface area contributed by atoms with Crippen molar-refractivity contribution in [3.63, 3.8) is 0 Å². The second-order valence-corrected chi connectivity index (χ2v) is 7.55. The number of rotatable bonds is 11. The van der Waals surface area contributed by atoms with Crippen LogP contribution in [0.25, 0.3) is 0 Å². The maximum atomic E-state index is 12.3. The summed E-state index contributed by atoms with van der Waals surface area (Å²) in [5.41, 5.74) is 0.924. The van der Waals surface area contributed by atoms with Crippen LogP contribution in [0, 0.1) is 5.92 Å². The Kier molecular flexibility index (Phi) is 8.73. The van der Waals surface area contributed by atoms with Crippen LogP contribution in [0.5, 0.6) is 11.5 Å². The minimum atomic E-state index is -1.11. The van der Waals surface area contributed by atoms with E-state index in [2.05, 4.69) is 10.6 Å². The van der Waals surface area contributed by atoms with E-state index in [1.54, 1.807) is 20.3 Å². The van der Waals surface area contributed by atoms with Gasteiger partial charge in [-0.1, -0.05) is 26.3 Å². The van der Waals surface area contributed by atoms with E-state index in [4.69, 9.17) is 9.47 Å². The molecule has 0 saturated carbocycles. The third-order valence-electron chi connectivity index (χ3n) is 5.62. The molecule has 9 nitrogen and oxygen atoms in total. The highest BCUT2D eigenvalue weighted by atomic mass is 16.5. The zero-order valence-corrected chi connectivity index (χ0v) is 18.1. The van der Waals surface area contributed by atoms with E-state index in [0.29, 0.717) is 17.9 Å². The molecule has 0 spiro atoms. The maximum absolute atomic E-state index is 12.3. The van der Waals surface area contributed by atoms with Gasteiger partial charge >= 0.3 is 6.03 Å². The monoisotopic (exact) mass is 423 g/mol. The second-order valence-electron chi connectivity index (χ2n) is 7.55. The lowest BCUT2D eigenvalue weighted by Crippen LogP contribution is -2.45. The molecule has 1 aliphatic rings. The number of ether oxygens (including phenoxy) is 2. The summed E-state index contributed by atoms with van der Waals surface area (Å²) in [5.74, 6) is 1.01. The third-order valence-corrected chi connectivity index (χ3v) is 5.62. The summed E-state index contributed by atoms with van der Waals surface area (Å²) in [4.78, 5) is 25.9. The predicted molar refractivity (Wildman–Crippen MR) is 111 cm³/mol. The number of methoxy groups -OCH3 is 2. The van der Waals surface area contributed by atoms with Gasteiger partial charge in [0.1, 0.15) is 0 Å². The average molecular weight is 424 g/mol. The number of nitrogens with zero attached hydrogens (tertiary/aromatic N) is 1. The summed E-state index contributed by atoms with van der Waals surface area (Å²) in [6.07, 6.45) is 0.148. The third kappa shape index (κ3) is 5.76. The van der Waals surface area contributed by atoms with Crippen LogP contribution in [0.1, 0.15) is 32.3 Å². The van der Waals surface area contributed by atoms with Gasteiger partial charge in [0.05, 0.1) is 39.3 Å². The van der Waals surface area contributed by atoms with Gasteiger partial charge in [-0.05, 0) is 30.0 Å². The summed E-state index contributed by atoms with van der Waals surface area (Å²) < 4.78 is 10.5. The number of hydrogen-bond acceptors (Lipinski definition) is 6. The highest BCUT2D eigenvalue weighted by molar-refractivity contribution is 5.81. The van der Waals surface area contributed by atoms with Crippen LogP contribution in [-0.4, -0.2) is 72.7 Å². The lowest BCUT2D eigenvalue weighted by atomic mass is 9.99. The van der Waals surface area contributed by atoms with Crippen molar-refractivity contribution in [1.29, 1.82) is 0 Å². The Bertz CT molecular complexity index is 729. The fraction of sp³-hybridized carbons (Fsp3) is 0.619. The Hall–Kier alpha value is -2.52. The molecule has 1 saturated heterocycles. The Morgan fingerprint density at radius 2 is 2.00 bits per heavy atom. The number of carbonyl (C=O) groups is 2. The molecule has 1 unspecified atom stereocenters. The average Bonchev–Trinajstić information content (AvgIpc) is 3.01. The van der Waals surface area contributed by atoms with Crippen molar-refractivity contribution in [2.45, 2.75) is 51.4 Å². The highest BCUT2D eigenvalue weighted by Gasteiger charge is 2.39. The summed E-state index contributed by atoms with van der Waals surface area (Å²) in [5, 5.41) is 25.5. The number of aliphatic hydroxyl groups excluding tert-OH is 2. The SMILES string of the molecule is CC[C@@H](C)[C@@H](CO)NC(=O)C[C@@H]1NC(=O)N(CCc2ccc(OC)c(OC)c2)C1O. The van der Waals surface area contributed by atoms with Crippen molar-refractivity contribution < 1.29 is 29.3 Å². The molecule has 0 bridgehead atoms. The Morgan fingerprint density at radius 1 is 1.30 bits per heavy atom. The largest absolute Gasteiger partial charge is 0.493 e. The number of amides is 3. The lowest BCUT2D eigenvalue weighted by molar-refractivity contribution is -0.123. The number of urea groups is 1. The van der Waals surface area contributed by atoms with Gasteiger partial charge in [-0.3, -0.25) is 9.69 Å². The van der Waals surface area contributed by atoms with Gasteiger partial charge in [0, 0.05) is 6.54 Å². The van der Waals surface area contributed by atoms with Crippen molar-refractivity contribution in [2.24, 2.45) is 5.92 Å². The molecule has 2 rings (SSSR count). The van der Waals surface area contributed by atoms with Gasteiger partial charge in [0.15, 0.2) is 17.7 Å². The Morgan fingerprint density at radius 3 is 2.60 bits per heavy atom. The quantitative estimate of drug-likeness (QED) is 0.419. The molecular formula is C21H33N3O6. The van der Waals surface area contributed by atoms with Crippen LogP contribution in [-0.2, 0) is 11.2 Å². The van der Waals surface area contributed by atoms with Crippen molar-refractivity contribution in [3.05, 3.63) is 23.8 Å². The molecule has 1 aromatic carbocycles. The van der Waals surface area contributed by atoms with E-state index < -0.39 is 18.3 Å². The van der Waals surface area contributed by atoms with Gasteiger partial charge in [-0.2, -0.15) is 0 Å². The van der Waals surface area contributed by atoms with Gasteiger partial charge in [0.2, 0.25) is 5.91 Å². The molecule has 168 valence electrons. The van der Waals surface area contributed by atoms with Crippen molar-refractivity contribution >= 4 is 11.9 Å². The van der Waals surface area contributed by atoms with E-state index in [1.807, 2.05) is 26.0 Å². The summed E-state index contributed by atoms with van der Waals surface area (Å²) in [6, 6.07) is 4.01. The standard InChI is InChI=1S/C21H33N3O6/c1-5-13(2)16(12-25)22-19(26)11-15-20(27)24(21(28)23-15)9-8-14-6-7-17(29-3)18(10-14)30-4/h6-7,10,13,15-16,20,25,27H,5,8-9,11-12H2,1-4H3,(H,22,26)(H,23,28)/t13-,15+,16-,20?/m1/s1. The number of nitrogens with one attached hydrogen (secondary N) is 2. The molecule has 1 aromatic rings. The zero-order valence-electron chi connectivity index (χ0n) is 18.1. The van der Waals surface area contributed by atoms with E-state index in [9.17, 15) is 19.8 Å². The number of aliphatic hydroxyl groups is 2. The molecule has 1 aliphatic heterocycles. The van der Waals surface area contributed by atoms with Crippen LogP contribution in [0.3, 0.4) is 0 Å². The molecule has 30 heavy (non-hydrogen) atoms. The summed E-state index contributed by atoms with van der Waals surface area (Å²) in [6.45, 7) is 4.06. The van der Waals surface area contributed by atoms with Crippen LogP contribution >= 0.6 is 0 Å². The van der Waals surface area contributed by atoms with E-state index in [1.165, 1.54) is 4.90 Å². The summed E-state index contributed by atoms with van der Waals surface area (Å²) >= 11 is 0. The smallest absolute Gasteiger partial charge is 0.319 e. The predicted octanol–water partition coefficient (Wildman–Crippen LogP) is 0.872. The van der Waals surface area contributed by atoms with E-state index >= 15 is 0 Å². The molecule has 1 fully saturated rings. The molecule has 4 atom stereocenters. The minimum absolute atomic E-state index is 0.0628. The van der Waals surface area contributed by atoms with Crippen molar-refractivity contribution in [3.8, 4) is 11.5 Å². The van der Waals surface area contributed by atoms with Crippen molar-refractivity contribution in [2.75, 3.05) is 27.4 Å². The number of hydrogen-bond donors (Lipinski definition) is 4. The molecule has 3 amide bonds. The summed E-state index contributed by atoms with van der Waals surface area (Å²) in [7, 11) is 3.11. The molecule has 1 heterocycles. The Labute approximate surface area is 177 Å². The van der Waals surface area contributed by atoms with E-state index in [-0.39, 0.29) is 37.4 Å². The molecule has 9 heteroatoms. The van der Waals surface area contributed by atoms with Gasteiger partial charge in [-0.25, -0.2) is 4.79 Å². The second kappa shape index (κ2) is 11.0. The first kappa shape index (κ1) is 23.8. The normalized spacial score (nSPS) is 20.5. The number of carbonyl (C=O) groups excluding carboxylic acids is 2. The first-order valence-corrected chi connectivity index (χ1v) is 10.2. The zero-order chi connectivity index (χ0) is 22.3. The fourth-order valence-corrected chi connectivity index (χ4v) is 3.45. The van der Waals surface area contributed by atoms with Gasteiger partial charge in [-0.15, -0.1) is 0 Å². The molecular weight excluding hydrogens is 390 g/mol. The highest BCUT2D eigenvalue weighted by Crippen LogP contribution is 2.28. The fourth-order valence-electron chi connectivity index (χ4n) is 3.45. The molecule has 0 aliphatic carbocycles. The minimum Gasteiger partial charge on any atom is -0.493 e. The number of benzene rings is 1. The van der Waals surface area contributed by atoms with E-state index in [0.717, 1.165) is 12.0 Å².